The van der Waals surface area contributed by atoms with E-state index in [1.807, 2.05) is 0 Å². The number of hydrogen-bond donors (Lipinski definition) is 1. The highest BCUT2D eigenvalue weighted by molar-refractivity contribution is 5.78. The number of likely N-dealkylation sites (tertiary alicyclic amines) is 2. The summed E-state index contributed by atoms with van der Waals surface area (Å²) in [7, 11) is 1.77. The average Bonchev–Trinajstić information content (AvgIpc) is 2.64. The molecule has 1 saturated carbocycles. The summed E-state index contributed by atoms with van der Waals surface area (Å²) in [5, 5.41) is 2.82. The third kappa shape index (κ3) is 5.19. The van der Waals surface area contributed by atoms with E-state index in [-0.39, 0.29) is 11.8 Å². The normalized spacial score (nSPS) is 31.0. The second-order valence-corrected chi connectivity index (χ2v) is 8.44. The van der Waals surface area contributed by atoms with Crippen LogP contribution in [0.2, 0.25) is 0 Å². The molecular weight excluding hydrogens is 298 g/mol. The Bertz CT molecular complexity index is 378. The highest BCUT2D eigenvalue weighted by Crippen LogP contribution is 2.30. The lowest BCUT2D eigenvalue weighted by Gasteiger charge is -2.38. The van der Waals surface area contributed by atoms with Gasteiger partial charge in [-0.3, -0.25) is 4.79 Å². The van der Waals surface area contributed by atoms with Gasteiger partial charge in [0, 0.05) is 26.1 Å². The first-order chi connectivity index (χ1) is 11.7. The Labute approximate surface area is 148 Å². The minimum absolute atomic E-state index is 0.256. The van der Waals surface area contributed by atoms with Gasteiger partial charge >= 0.3 is 0 Å². The van der Waals surface area contributed by atoms with Gasteiger partial charge < -0.3 is 15.1 Å². The Morgan fingerprint density at radius 2 is 1.33 bits per heavy atom. The molecule has 0 aromatic rings. The zero-order chi connectivity index (χ0) is 16.8. The second-order valence-electron chi connectivity index (χ2n) is 8.44. The molecule has 1 N–H and O–H groups in total. The van der Waals surface area contributed by atoms with Gasteiger partial charge in [-0.2, -0.15) is 0 Å². The van der Waals surface area contributed by atoms with Crippen molar-refractivity contribution in [3.8, 4) is 0 Å². The number of nitrogens with zero attached hydrogens (tertiary/aromatic N) is 2. The summed E-state index contributed by atoms with van der Waals surface area (Å²) in [5.41, 5.74) is 0. The molecular formula is C20H37N3O. The smallest absolute Gasteiger partial charge is 0.222 e. The third-order valence-corrected chi connectivity index (χ3v) is 6.65. The van der Waals surface area contributed by atoms with Crippen LogP contribution >= 0.6 is 0 Å². The van der Waals surface area contributed by atoms with Gasteiger partial charge in [-0.1, -0.05) is 6.42 Å². The van der Waals surface area contributed by atoms with E-state index in [0.717, 1.165) is 24.7 Å². The van der Waals surface area contributed by atoms with Crippen molar-refractivity contribution in [1.82, 2.24) is 15.1 Å². The molecule has 4 nitrogen and oxygen atoms in total. The topological polar surface area (TPSA) is 35.6 Å². The molecule has 1 aliphatic carbocycles. The Morgan fingerprint density at radius 3 is 1.92 bits per heavy atom. The monoisotopic (exact) mass is 335 g/mol. The third-order valence-electron chi connectivity index (χ3n) is 6.65. The molecule has 3 fully saturated rings. The van der Waals surface area contributed by atoms with E-state index in [1.165, 1.54) is 84.2 Å². The van der Waals surface area contributed by atoms with Crippen molar-refractivity contribution >= 4 is 5.91 Å². The molecule has 0 aromatic heterocycles. The summed E-state index contributed by atoms with van der Waals surface area (Å²) < 4.78 is 0. The van der Waals surface area contributed by atoms with Crippen molar-refractivity contribution < 1.29 is 4.79 Å². The van der Waals surface area contributed by atoms with Crippen molar-refractivity contribution in [3.05, 3.63) is 0 Å². The first-order valence-corrected chi connectivity index (χ1v) is 10.4. The summed E-state index contributed by atoms with van der Waals surface area (Å²) in [5.74, 6) is 2.29. The van der Waals surface area contributed by atoms with E-state index in [0.29, 0.717) is 0 Å². The Kier molecular flexibility index (Phi) is 6.96. The highest BCUT2D eigenvalue weighted by Gasteiger charge is 2.28. The molecule has 4 heteroatoms. The standard InChI is InChI=1S/C20H37N3O/c1-21-20(24)19-7-5-17(6-8-19)15-23-13-9-18(10-14-23)16-22-11-3-2-4-12-22/h17-19H,2-16H2,1H3,(H,21,24). The molecule has 2 saturated heterocycles. The Hall–Kier alpha value is -0.610. The molecule has 0 aromatic carbocycles. The van der Waals surface area contributed by atoms with Crippen LogP contribution in [0.4, 0.5) is 0 Å². The lowest BCUT2D eigenvalue weighted by molar-refractivity contribution is -0.125. The van der Waals surface area contributed by atoms with Crippen LogP contribution in [-0.2, 0) is 4.79 Å². The van der Waals surface area contributed by atoms with Gasteiger partial charge in [-0.05, 0) is 89.4 Å². The van der Waals surface area contributed by atoms with E-state index in [1.54, 1.807) is 7.05 Å². The molecule has 0 unspecified atom stereocenters. The second kappa shape index (κ2) is 9.19. The lowest BCUT2D eigenvalue weighted by atomic mass is 9.81. The molecule has 24 heavy (non-hydrogen) atoms. The number of amides is 1. The minimum Gasteiger partial charge on any atom is -0.359 e. The fourth-order valence-electron chi connectivity index (χ4n) is 5.04. The van der Waals surface area contributed by atoms with Crippen molar-refractivity contribution in [1.29, 1.82) is 0 Å². The first kappa shape index (κ1) is 18.2. The number of hydrogen-bond acceptors (Lipinski definition) is 3. The van der Waals surface area contributed by atoms with Crippen LogP contribution in [0.15, 0.2) is 0 Å². The zero-order valence-electron chi connectivity index (χ0n) is 15.6. The molecule has 2 aliphatic heterocycles. The van der Waals surface area contributed by atoms with E-state index in [4.69, 9.17) is 0 Å². The Morgan fingerprint density at radius 1 is 0.792 bits per heavy atom. The van der Waals surface area contributed by atoms with Crippen LogP contribution < -0.4 is 5.32 Å². The molecule has 0 bridgehead atoms. The van der Waals surface area contributed by atoms with E-state index in [9.17, 15) is 4.79 Å². The minimum atomic E-state index is 0.256. The van der Waals surface area contributed by atoms with Gasteiger partial charge in [0.2, 0.25) is 5.91 Å². The molecule has 3 rings (SSSR count). The maximum atomic E-state index is 11.7. The van der Waals surface area contributed by atoms with Gasteiger partial charge in [0.15, 0.2) is 0 Å². The summed E-state index contributed by atoms with van der Waals surface area (Å²) in [4.78, 5) is 17.2. The number of nitrogens with one attached hydrogen (secondary N) is 1. The number of rotatable bonds is 5. The van der Waals surface area contributed by atoms with Crippen LogP contribution in [0.1, 0.15) is 57.8 Å². The molecule has 3 aliphatic rings. The van der Waals surface area contributed by atoms with Crippen molar-refractivity contribution in [2.75, 3.05) is 46.3 Å². The highest BCUT2D eigenvalue weighted by atomic mass is 16.1. The van der Waals surface area contributed by atoms with Gasteiger partial charge in [0.25, 0.3) is 0 Å². The predicted molar refractivity (Wildman–Crippen MR) is 99.0 cm³/mol. The number of carbonyl (C=O) groups excluding carboxylic acids is 1. The fourth-order valence-corrected chi connectivity index (χ4v) is 5.04. The van der Waals surface area contributed by atoms with Crippen molar-refractivity contribution in [2.45, 2.75) is 57.8 Å². The molecule has 0 atom stereocenters. The largest absolute Gasteiger partial charge is 0.359 e. The summed E-state index contributed by atoms with van der Waals surface area (Å²) >= 11 is 0. The maximum absolute atomic E-state index is 11.7. The molecule has 0 radical (unpaired) electrons. The van der Waals surface area contributed by atoms with Crippen LogP contribution in [0.5, 0.6) is 0 Å². The van der Waals surface area contributed by atoms with E-state index in [2.05, 4.69) is 15.1 Å². The SMILES string of the molecule is CNC(=O)C1CCC(CN2CCC(CN3CCCCC3)CC2)CC1. The van der Waals surface area contributed by atoms with Gasteiger partial charge in [0.1, 0.15) is 0 Å². The van der Waals surface area contributed by atoms with Crippen LogP contribution in [0.25, 0.3) is 0 Å². The summed E-state index contributed by atoms with van der Waals surface area (Å²) in [6.45, 7) is 7.91. The Balaban J connectivity index is 1.32. The quantitative estimate of drug-likeness (QED) is 0.839. The van der Waals surface area contributed by atoms with E-state index < -0.39 is 0 Å². The maximum Gasteiger partial charge on any atom is 0.222 e. The summed E-state index contributed by atoms with van der Waals surface area (Å²) in [6, 6.07) is 0. The fraction of sp³-hybridized carbons (Fsp3) is 0.950. The number of piperidine rings is 2. The van der Waals surface area contributed by atoms with Gasteiger partial charge in [0.05, 0.1) is 0 Å². The summed E-state index contributed by atoms with van der Waals surface area (Å²) in [6.07, 6.45) is 11.7. The van der Waals surface area contributed by atoms with E-state index >= 15 is 0 Å². The van der Waals surface area contributed by atoms with Gasteiger partial charge in [-0.15, -0.1) is 0 Å². The van der Waals surface area contributed by atoms with Crippen LogP contribution in [0, 0.1) is 17.8 Å². The average molecular weight is 336 g/mol. The van der Waals surface area contributed by atoms with Crippen LogP contribution in [-0.4, -0.2) is 62.0 Å². The predicted octanol–water partition coefficient (Wildman–Crippen LogP) is 2.74. The molecule has 1 amide bonds. The molecule has 0 spiro atoms. The van der Waals surface area contributed by atoms with Crippen molar-refractivity contribution in [2.24, 2.45) is 17.8 Å². The van der Waals surface area contributed by atoms with Crippen LogP contribution in [0.3, 0.4) is 0 Å². The zero-order valence-corrected chi connectivity index (χ0v) is 15.6. The van der Waals surface area contributed by atoms with Gasteiger partial charge in [-0.25, -0.2) is 0 Å². The lowest BCUT2D eigenvalue weighted by Crippen LogP contribution is -2.42. The first-order valence-electron chi connectivity index (χ1n) is 10.4. The number of carbonyl (C=O) groups is 1. The molecule has 2 heterocycles. The van der Waals surface area contributed by atoms with Crippen molar-refractivity contribution in [3.63, 3.8) is 0 Å². The molecule has 138 valence electrons.